The number of hydrogen-bond acceptors (Lipinski definition) is 6. The first-order chi connectivity index (χ1) is 18.2. The molecule has 3 aromatic rings. The van der Waals surface area contributed by atoms with E-state index in [9.17, 15) is 4.79 Å². The number of fused-ring (bicyclic) bond motifs is 5. The molecule has 4 aliphatic rings. The third-order valence-corrected chi connectivity index (χ3v) is 9.73. The Morgan fingerprint density at radius 2 is 1.89 bits per heavy atom. The topological polar surface area (TPSA) is 84.1 Å². The summed E-state index contributed by atoms with van der Waals surface area (Å²) in [7, 11) is 3.97. The second-order valence-electron chi connectivity index (χ2n) is 12.3. The lowest BCUT2D eigenvalue weighted by molar-refractivity contribution is -0.126. The molecule has 3 aliphatic carbocycles. The fourth-order valence-corrected chi connectivity index (χ4v) is 7.18. The molecule has 0 unspecified atom stereocenters. The average Bonchev–Trinajstić information content (AvgIpc) is 3.43. The zero-order valence-corrected chi connectivity index (χ0v) is 23.7. The van der Waals surface area contributed by atoms with Crippen molar-refractivity contribution in [1.29, 1.82) is 0 Å². The van der Waals surface area contributed by atoms with Crippen molar-refractivity contribution in [2.45, 2.75) is 84.3 Å². The standard InChI is InChI=1S/C29H42N8O/c1-6-34(4)18-26(38)32-29-11-8-28(9-12-29,10-13-29)19-37-24-7-14-36(17-23(24)21(3)33-37)25-15-20(2)31-27-22(25)16-30-35(27)5/h15-16H,6-14,17-19H2,1-5H3,(H,32,38). The molecule has 7 rings (SSSR count). The summed E-state index contributed by atoms with van der Waals surface area (Å²) in [5.74, 6) is 0.179. The summed E-state index contributed by atoms with van der Waals surface area (Å²) >= 11 is 0. The number of hydrogen-bond donors (Lipinski definition) is 1. The van der Waals surface area contributed by atoms with Gasteiger partial charge < -0.3 is 10.2 Å². The first kappa shape index (κ1) is 25.3. The molecule has 1 aliphatic heterocycles. The van der Waals surface area contributed by atoms with Crippen molar-refractivity contribution in [1.82, 2.24) is 34.8 Å². The van der Waals surface area contributed by atoms with Crippen LogP contribution in [0.3, 0.4) is 0 Å². The van der Waals surface area contributed by atoms with Gasteiger partial charge in [0, 0.05) is 55.6 Å². The van der Waals surface area contributed by atoms with Crippen molar-refractivity contribution in [3.8, 4) is 0 Å². The van der Waals surface area contributed by atoms with Crippen molar-refractivity contribution in [3.05, 3.63) is 34.9 Å². The summed E-state index contributed by atoms with van der Waals surface area (Å²) < 4.78 is 4.22. The third kappa shape index (κ3) is 4.38. The van der Waals surface area contributed by atoms with E-state index in [1.807, 2.05) is 25.0 Å². The van der Waals surface area contributed by atoms with Gasteiger partial charge in [-0.25, -0.2) is 4.98 Å². The van der Waals surface area contributed by atoms with Crippen molar-refractivity contribution < 1.29 is 4.79 Å². The monoisotopic (exact) mass is 518 g/mol. The van der Waals surface area contributed by atoms with Gasteiger partial charge in [0.2, 0.25) is 5.91 Å². The van der Waals surface area contributed by atoms with E-state index in [1.165, 1.54) is 36.2 Å². The fourth-order valence-electron chi connectivity index (χ4n) is 7.18. The number of amides is 1. The normalized spacial score (nSPS) is 24.8. The molecule has 9 heteroatoms. The predicted octanol–water partition coefficient (Wildman–Crippen LogP) is 3.51. The summed E-state index contributed by atoms with van der Waals surface area (Å²) in [5, 5.41) is 14.1. The second kappa shape index (κ2) is 9.36. The van der Waals surface area contributed by atoms with E-state index in [0.29, 0.717) is 12.0 Å². The summed E-state index contributed by atoms with van der Waals surface area (Å²) in [6.07, 6.45) is 9.73. The van der Waals surface area contributed by atoms with E-state index in [2.05, 4.69) is 51.7 Å². The van der Waals surface area contributed by atoms with Gasteiger partial charge in [0.25, 0.3) is 0 Å². The smallest absolute Gasteiger partial charge is 0.234 e. The van der Waals surface area contributed by atoms with Gasteiger partial charge in [0.05, 0.1) is 29.5 Å². The SMILES string of the molecule is CCN(C)CC(=O)NC12CCC(Cn3nc(C)c4c3CCN(c3cc(C)nc5c3cnn5C)C4)(CC1)CC2. The van der Waals surface area contributed by atoms with Gasteiger partial charge in [0.1, 0.15) is 0 Å². The highest BCUT2D eigenvalue weighted by Gasteiger charge is 2.49. The molecule has 9 nitrogen and oxygen atoms in total. The molecular weight excluding hydrogens is 476 g/mol. The molecule has 3 fully saturated rings. The Morgan fingerprint density at radius 1 is 1.16 bits per heavy atom. The number of pyridine rings is 1. The van der Waals surface area contributed by atoms with Crippen LogP contribution in [0.4, 0.5) is 5.69 Å². The Labute approximate surface area is 225 Å². The largest absolute Gasteiger partial charge is 0.366 e. The van der Waals surface area contributed by atoms with Gasteiger partial charge in [-0.2, -0.15) is 10.2 Å². The minimum Gasteiger partial charge on any atom is -0.366 e. The van der Waals surface area contributed by atoms with Crippen LogP contribution in [0.2, 0.25) is 0 Å². The quantitative estimate of drug-likeness (QED) is 0.515. The molecule has 1 N–H and O–H groups in total. The molecule has 204 valence electrons. The molecule has 0 saturated heterocycles. The minimum absolute atomic E-state index is 0.00762. The van der Waals surface area contributed by atoms with Crippen LogP contribution in [0, 0.1) is 19.3 Å². The van der Waals surface area contributed by atoms with E-state index in [4.69, 9.17) is 10.1 Å². The molecule has 0 atom stereocenters. The number of aromatic nitrogens is 5. The van der Waals surface area contributed by atoms with E-state index < -0.39 is 0 Å². The van der Waals surface area contributed by atoms with E-state index in [0.717, 1.165) is 74.3 Å². The molecule has 0 aromatic carbocycles. The number of likely N-dealkylation sites (N-methyl/N-ethyl adjacent to an activating group) is 1. The van der Waals surface area contributed by atoms with Crippen LogP contribution in [0.15, 0.2) is 12.3 Å². The number of rotatable bonds is 7. The Morgan fingerprint density at radius 3 is 2.61 bits per heavy atom. The summed E-state index contributed by atoms with van der Waals surface area (Å²) in [5.41, 5.74) is 7.45. The van der Waals surface area contributed by atoms with Gasteiger partial charge in [0.15, 0.2) is 5.65 Å². The maximum absolute atomic E-state index is 12.6. The van der Waals surface area contributed by atoms with Gasteiger partial charge in [-0.15, -0.1) is 0 Å². The minimum atomic E-state index is 0.00762. The van der Waals surface area contributed by atoms with Gasteiger partial charge >= 0.3 is 0 Å². The molecule has 0 spiro atoms. The molecule has 1 amide bonds. The molecule has 0 radical (unpaired) electrons. The van der Waals surface area contributed by atoms with E-state index in [-0.39, 0.29) is 11.4 Å². The molecule has 4 heterocycles. The van der Waals surface area contributed by atoms with Gasteiger partial charge in [-0.1, -0.05) is 6.92 Å². The second-order valence-corrected chi connectivity index (χ2v) is 12.3. The lowest BCUT2D eigenvalue weighted by atomic mass is 9.57. The molecule has 3 aromatic heterocycles. The van der Waals surface area contributed by atoms with Crippen molar-refractivity contribution in [2.24, 2.45) is 12.5 Å². The van der Waals surface area contributed by atoms with E-state index in [1.54, 1.807) is 0 Å². The highest BCUT2D eigenvalue weighted by molar-refractivity contribution is 5.89. The number of carbonyl (C=O) groups is 1. The van der Waals surface area contributed by atoms with Crippen LogP contribution in [0.5, 0.6) is 0 Å². The van der Waals surface area contributed by atoms with Gasteiger partial charge in [-0.3, -0.25) is 19.1 Å². The maximum Gasteiger partial charge on any atom is 0.234 e. The summed E-state index contributed by atoms with van der Waals surface area (Å²) in [4.78, 5) is 21.9. The van der Waals surface area contributed by atoms with Crippen LogP contribution < -0.4 is 10.2 Å². The van der Waals surface area contributed by atoms with Crippen LogP contribution >= 0.6 is 0 Å². The molecule has 38 heavy (non-hydrogen) atoms. The zero-order valence-electron chi connectivity index (χ0n) is 23.7. The summed E-state index contributed by atoms with van der Waals surface area (Å²) in [6, 6.07) is 2.20. The Balaban J connectivity index is 1.16. The number of nitrogens with one attached hydrogen (secondary N) is 1. The lowest BCUT2D eigenvalue weighted by Gasteiger charge is -2.54. The fraction of sp³-hybridized carbons (Fsp3) is 0.655. The highest BCUT2D eigenvalue weighted by Crippen LogP contribution is 2.53. The number of nitrogens with zero attached hydrogens (tertiary/aromatic N) is 7. The average molecular weight is 519 g/mol. The highest BCUT2D eigenvalue weighted by atomic mass is 16.2. The first-order valence-corrected chi connectivity index (χ1v) is 14.3. The number of anilines is 1. The predicted molar refractivity (Wildman–Crippen MR) is 149 cm³/mol. The number of carbonyl (C=O) groups excluding carboxylic acids is 1. The molecule has 3 saturated carbocycles. The van der Waals surface area contributed by atoms with Crippen LogP contribution in [0.1, 0.15) is 68.1 Å². The van der Waals surface area contributed by atoms with Crippen molar-refractivity contribution >= 4 is 22.6 Å². The van der Waals surface area contributed by atoms with E-state index >= 15 is 0 Å². The van der Waals surface area contributed by atoms with Crippen LogP contribution in [-0.2, 0) is 31.4 Å². The van der Waals surface area contributed by atoms with Crippen LogP contribution in [-0.4, -0.2) is 67.6 Å². The molecule has 2 bridgehead atoms. The van der Waals surface area contributed by atoms with Crippen LogP contribution in [0.25, 0.3) is 11.0 Å². The molecular formula is C29H42N8O. The first-order valence-electron chi connectivity index (χ1n) is 14.3. The Hall–Kier alpha value is -2.94. The van der Waals surface area contributed by atoms with Crippen molar-refractivity contribution in [3.63, 3.8) is 0 Å². The lowest BCUT2D eigenvalue weighted by Crippen LogP contribution is -2.58. The van der Waals surface area contributed by atoms with Crippen molar-refractivity contribution in [2.75, 3.05) is 31.6 Å². The summed E-state index contributed by atoms with van der Waals surface area (Å²) in [6.45, 7) is 10.6. The Bertz CT molecular complexity index is 1350. The Kier molecular flexibility index (Phi) is 6.24. The number of aryl methyl sites for hydroxylation is 3. The zero-order chi connectivity index (χ0) is 26.7. The third-order valence-electron chi connectivity index (χ3n) is 9.73. The maximum atomic E-state index is 12.6. The van der Waals surface area contributed by atoms with Gasteiger partial charge in [-0.05, 0) is 77.4 Å².